The third kappa shape index (κ3) is 3.05. The van der Waals surface area contributed by atoms with E-state index in [1.54, 1.807) is 32.5 Å². The molecule has 0 saturated carbocycles. The predicted molar refractivity (Wildman–Crippen MR) is 99.9 cm³/mol. The quantitative estimate of drug-likeness (QED) is 0.676. The Hall–Kier alpha value is -2.60. The number of thiazole rings is 1. The maximum absolute atomic E-state index is 11.8. The largest absolute Gasteiger partial charge is 0.493 e. The Morgan fingerprint density at radius 2 is 1.88 bits per heavy atom. The molecule has 0 bridgehead atoms. The molecule has 0 spiro atoms. The average molecular weight is 356 g/mol. The summed E-state index contributed by atoms with van der Waals surface area (Å²) in [5.41, 5.74) is 5.25. The summed E-state index contributed by atoms with van der Waals surface area (Å²) in [5.74, 6) is 1.42. The number of nitrogens with zero attached hydrogens (tertiary/aromatic N) is 1. The zero-order chi connectivity index (χ0) is 18.1. The Labute approximate surface area is 150 Å². The van der Waals surface area contributed by atoms with Crippen molar-refractivity contribution in [2.45, 2.75) is 20.8 Å². The molecule has 25 heavy (non-hydrogen) atoms. The van der Waals surface area contributed by atoms with Gasteiger partial charge >= 0.3 is 0 Å². The molecule has 5 nitrogen and oxygen atoms in total. The molecule has 3 rings (SSSR count). The zero-order valence-corrected chi connectivity index (χ0v) is 15.7. The van der Waals surface area contributed by atoms with Gasteiger partial charge < -0.3 is 14.5 Å². The number of carbonyl (C=O) groups is 1. The molecule has 3 aromatic rings. The minimum absolute atomic E-state index is 0.0628. The standard InChI is InChI=1S/C19H20N2O3S/c1-10-17(12(3)22)11(2)20-18(10)14-9-25-19(21-14)13-6-7-15(23-4)16(8-13)24-5/h6-9,20H,1-5H3. The number of benzene rings is 1. The molecule has 2 aromatic heterocycles. The summed E-state index contributed by atoms with van der Waals surface area (Å²) in [4.78, 5) is 19.9. The summed E-state index contributed by atoms with van der Waals surface area (Å²) in [7, 11) is 3.23. The van der Waals surface area contributed by atoms with E-state index in [0.29, 0.717) is 11.5 Å². The molecule has 0 aliphatic heterocycles. The van der Waals surface area contributed by atoms with Gasteiger partial charge in [-0.2, -0.15) is 0 Å². The number of rotatable bonds is 5. The van der Waals surface area contributed by atoms with Gasteiger partial charge in [0.25, 0.3) is 0 Å². The highest BCUT2D eigenvalue weighted by Gasteiger charge is 2.18. The number of ketones is 1. The van der Waals surface area contributed by atoms with Crippen LogP contribution in [0.3, 0.4) is 0 Å². The number of hydrogen-bond donors (Lipinski definition) is 1. The molecule has 1 N–H and O–H groups in total. The summed E-state index contributed by atoms with van der Waals surface area (Å²) in [6, 6.07) is 5.74. The zero-order valence-electron chi connectivity index (χ0n) is 14.9. The molecule has 0 amide bonds. The summed E-state index contributed by atoms with van der Waals surface area (Å²) in [6.07, 6.45) is 0. The van der Waals surface area contributed by atoms with Crippen molar-refractivity contribution in [2.75, 3.05) is 14.2 Å². The second-order valence-electron chi connectivity index (χ2n) is 5.79. The molecule has 0 aliphatic rings. The smallest absolute Gasteiger partial charge is 0.161 e. The molecule has 0 atom stereocenters. The average Bonchev–Trinajstić information content (AvgIpc) is 3.18. The Kier molecular flexibility index (Phi) is 4.63. The van der Waals surface area contributed by atoms with Crippen LogP contribution in [0.1, 0.15) is 28.5 Å². The van der Waals surface area contributed by atoms with Gasteiger partial charge in [0.05, 0.1) is 25.6 Å². The van der Waals surface area contributed by atoms with Gasteiger partial charge in [-0.3, -0.25) is 4.79 Å². The van der Waals surface area contributed by atoms with Crippen molar-refractivity contribution in [3.05, 3.63) is 40.4 Å². The van der Waals surface area contributed by atoms with Crippen LogP contribution >= 0.6 is 11.3 Å². The Bertz CT molecular complexity index is 940. The van der Waals surface area contributed by atoms with Crippen LogP contribution in [0, 0.1) is 13.8 Å². The van der Waals surface area contributed by atoms with Gasteiger partial charge in [0.15, 0.2) is 17.3 Å². The predicted octanol–water partition coefficient (Wildman–Crippen LogP) is 4.64. The van der Waals surface area contributed by atoms with Crippen LogP contribution < -0.4 is 9.47 Å². The molecule has 130 valence electrons. The molecule has 0 fully saturated rings. The van der Waals surface area contributed by atoms with E-state index in [-0.39, 0.29) is 5.78 Å². The molecular weight excluding hydrogens is 336 g/mol. The fraction of sp³-hybridized carbons (Fsp3) is 0.263. The molecule has 0 saturated heterocycles. The first-order valence-electron chi connectivity index (χ1n) is 7.84. The molecule has 2 heterocycles. The topological polar surface area (TPSA) is 64.2 Å². The fourth-order valence-electron chi connectivity index (χ4n) is 3.02. The van der Waals surface area contributed by atoms with Crippen molar-refractivity contribution < 1.29 is 14.3 Å². The van der Waals surface area contributed by atoms with Gasteiger partial charge in [-0.1, -0.05) is 0 Å². The lowest BCUT2D eigenvalue weighted by Gasteiger charge is -2.08. The Morgan fingerprint density at radius 1 is 1.16 bits per heavy atom. The molecular formula is C19H20N2O3S. The number of methoxy groups -OCH3 is 2. The summed E-state index contributed by atoms with van der Waals surface area (Å²) in [6.45, 7) is 5.45. The van der Waals surface area contributed by atoms with Crippen LogP contribution in [0.15, 0.2) is 23.6 Å². The highest BCUT2D eigenvalue weighted by molar-refractivity contribution is 7.13. The lowest BCUT2D eigenvalue weighted by molar-refractivity contribution is 0.101. The number of ether oxygens (including phenoxy) is 2. The molecule has 6 heteroatoms. The summed E-state index contributed by atoms with van der Waals surface area (Å²) < 4.78 is 10.6. The van der Waals surface area contributed by atoms with Crippen LogP contribution in [0.25, 0.3) is 22.0 Å². The van der Waals surface area contributed by atoms with Crippen LogP contribution in [0.4, 0.5) is 0 Å². The first-order chi connectivity index (χ1) is 12.0. The minimum atomic E-state index is 0.0628. The number of aromatic nitrogens is 2. The van der Waals surface area contributed by atoms with Crippen molar-refractivity contribution in [3.8, 4) is 33.5 Å². The fourth-order valence-corrected chi connectivity index (χ4v) is 3.83. The van der Waals surface area contributed by atoms with Crippen LogP contribution in [0.2, 0.25) is 0 Å². The SMILES string of the molecule is COc1ccc(-c2nc(-c3[nH]c(C)c(C(C)=O)c3C)cs2)cc1OC. The Morgan fingerprint density at radius 3 is 2.48 bits per heavy atom. The summed E-state index contributed by atoms with van der Waals surface area (Å²) in [5, 5.41) is 2.88. The Balaban J connectivity index is 2.01. The van der Waals surface area contributed by atoms with Gasteiger partial charge in [-0.25, -0.2) is 4.98 Å². The second-order valence-corrected chi connectivity index (χ2v) is 6.65. The maximum atomic E-state index is 11.8. The number of carbonyl (C=O) groups excluding carboxylic acids is 1. The van der Waals surface area contributed by atoms with Crippen molar-refractivity contribution in [1.29, 1.82) is 0 Å². The van der Waals surface area contributed by atoms with Gasteiger partial charge in [0.1, 0.15) is 5.01 Å². The monoisotopic (exact) mass is 356 g/mol. The number of nitrogens with one attached hydrogen (secondary N) is 1. The first-order valence-corrected chi connectivity index (χ1v) is 8.72. The van der Waals surface area contributed by atoms with Crippen molar-refractivity contribution in [2.24, 2.45) is 0 Å². The van der Waals surface area contributed by atoms with Crippen LogP contribution in [0.5, 0.6) is 11.5 Å². The van der Waals surface area contributed by atoms with E-state index in [1.807, 2.05) is 37.4 Å². The lowest BCUT2D eigenvalue weighted by atomic mass is 10.1. The van der Waals surface area contributed by atoms with E-state index >= 15 is 0 Å². The lowest BCUT2D eigenvalue weighted by Crippen LogP contribution is -1.94. The number of H-pyrrole nitrogens is 1. The summed E-state index contributed by atoms with van der Waals surface area (Å²) >= 11 is 1.55. The van der Waals surface area contributed by atoms with Gasteiger partial charge in [-0.05, 0) is 44.5 Å². The van der Waals surface area contributed by atoms with E-state index < -0.39 is 0 Å². The molecule has 0 radical (unpaired) electrons. The van der Waals surface area contributed by atoms with Crippen molar-refractivity contribution in [1.82, 2.24) is 9.97 Å². The number of aryl methyl sites for hydroxylation is 1. The third-order valence-corrected chi connectivity index (χ3v) is 5.07. The minimum Gasteiger partial charge on any atom is -0.493 e. The number of aromatic amines is 1. The second kappa shape index (κ2) is 6.72. The van der Waals surface area contributed by atoms with Gasteiger partial charge in [0, 0.05) is 22.2 Å². The number of hydrogen-bond acceptors (Lipinski definition) is 5. The maximum Gasteiger partial charge on any atom is 0.161 e. The first kappa shape index (κ1) is 17.2. The van der Waals surface area contributed by atoms with E-state index in [9.17, 15) is 4.79 Å². The van der Waals surface area contributed by atoms with Crippen molar-refractivity contribution >= 4 is 17.1 Å². The van der Waals surface area contributed by atoms with Crippen LogP contribution in [-0.4, -0.2) is 30.0 Å². The van der Waals surface area contributed by atoms with E-state index in [1.165, 1.54) is 0 Å². The number of Topliss-reactive ketones (excluding diaryl/α,β-unsaturated/α-hetero) is 1. The molecule has 0 aliphatic carbocycles. The van der Waals surface area contributed by atoms with Crippen molar-refractivity contribution in [3.63, 3.8) is 0 Å². The van der Waals surface area contributed by atoms with Gasteiger partial charge in [-0.15, -0.1) is 11.3 Å². The highest BCUT2D eigenvalue weighted by Crippen LogP contribution is 2.36. The van der Waals surface area contributed by atoms with Gasteiger partial charge in [0.2, 0.25) is 0 Å². The molecule has 1 aromatic carbocycles. The molecule has 0 unspecified atom stereocenters. The van der Waals surface area contributed by atoms with E-state index in [0.717, 1.165) is 38.8 Å². The van der Waals surface area contributed by atoms with Crippen LogP contribution in [-0.2, 0) is 0 Å². The normalized spacial score (nSPS) is 10.8. The third-order valence-electron chi connectivity index (χ3n) is 4.18. The van der Waals surface area contributed by atoms with E-state index in [2.05, 4.69) is 4.98 Å². The highest BCUT2D eigenvalue weighted by atomic mass is 32.1. The van der Waals surface area contributed by atoms with E-state index in [4.69, 9.17) is 14.5 Å².